The van der Waals surface area contributed by atoms with Gasteiger partial charge in [0.25, 0.3) is 0 Å². The minimum atomic E-state index is -0.259. The van der Waals surface area contributed by atoms with Crippen molar-refractivity contribution in [3.05, 3.63) is 0 Å². The van der Waals surface area contributed by atoms with E-state index in [2.05, 4.69) is 12.2 Å². The quantitative estimate of drug-likeness (QED) is 0.681. The fraction of sp³-hybridized carbons (Fsp3) is 0.900. The number of carbonyl (C=O) groups is 1. The lowest BCUT2D eigenvalue weighted by atomic mass is 9.98. The Bertz CT molecular complexity index is 182. The lowest BCUT2D eigenvalue weighted by Gasteiger charge is -2.18. The number of primary amides is 1. The van der Waals surface area contributed by atoms with Crippen molar-refractivity contribution >= 4 is 5.91 Å². The van der Waals surface area contributed by atoms with Crippen molar-refractivity contribution < 1.29 is 4.79 Å². The number of rotatable bonds is 4. The minimum Gasteiger partial charge on any atom is -0.368 e. The number of hydrogen-bond acceptors (Lipinski definition) is 2. The van der Waals surface area contributed by atoms with Gasteiger partial charge in [-0.25, -0.2) is 0 Å². The Labute approximate surface area is 80.1 Å². The third-order valence-corrected chi connectivity index (χ3v) is 3.15. The summed E-state index contributed by atoms with van der Waals surface area (Å²) in [4.78, 5) is 10.7. The second-order valence-electron chi connectivity index (χ2n) is 4.20. The van der Waals surface area contributed by atoms with Crippen molar-refractivity contribution in [3.63, 3.8) is 0 Å². The van der Waals surface area contributed by atoms with Gasteiger partial charge in [0, 0.05) is 0 Å². The maximum Gasteiger partial charge on any atom is 0.234 e. The van der Waals surface area contributed by atoms with E-state index in [1.807, 2.05) is 6.92 Å². The van der Waals surface area contributed by atoms with Crippen molar-refractivity contribution in [2.24, 2.45) is 17.6 Å². The molecule has 0 radical (unpaired) electrons. The smallest absolute Gasteiger partial charge is 0.234 e. The van der Waals surface area contributed by atoms with Crippen molar-refractivity contribution in [1.29, 1.82) is 0 Å². The standard InChI is InChI=1S/C10H20N2O/c1-7-4-3-5-9(7)6-12-8(2)10(11)13/h7-9,12H,3-6H2,1-2H3,(H2,11,13). The van der Waals surface area contributed by atoms with Crippen LogP contribution in [0.15, 0.2) is 0 Å². The van der Waals surface area contributed by atoms with Gasteiger partial charge in [-0.15, -0.1) is 0 Å². The predicted octanol–water partition coefficient (Wildman–Crippen LogP) is 0.886. The Morgan fingerprint density at radius 3 is 2.77 bits per heavy atom. The summed E-state index contributed by atoms with van der Waals surface area (Å²) in [6.07, 6.45) is 3.95. The maximum absolute atomic E-state index is 10.7. The maximum atomic E-state index is 10.7. The highest BCUT2D eigenvalue weighted by atomic mass is 16.1. The molecule has 0 spiro atoms. The lowest BCUT2D eigenvalue weighted by molar-refractivity contribution is -0.119. The largest absolute Gasteiger partial charge is 0.368 e. The molecule has 1 saturated carbocycles. The Balaban J connectivity index is 2.22. The third kappa shape index (κ3) is 2.99. The number of nitrogens with one attached hydrogen (secondary N) is 1. The number of nitrogens with two attached hydrogens (primary N) is 1. The first kappa shape index (κ1) is 10.5. The molecule has 13 heavy (non-hydrogen) atoms. The zero-order valence-corrected chi connectivity index (χ0v) is 8.55. The van der Waals surface area contributed by atoms with Gasteiger partial charge in [-0.05, 0) is 31.7 Å². The van der Waals surface area contributed by atoms with E-state index in [4.69, 9.17) is 5.73 Å². The van der Waals surface area contributed by atoms with E-state index in [-0.39, 0.29) is 11.9 Å². The Hall–Kier alpha value is -0.570. The Morgan fingerprint density at radius 2 is 2.31 bits per heavy atom. The highest BCUT2D eigenvalue weighted by molar-refractivity contribution is 5.79. The van der Waals surface area contributed by atoms with Gasteiger partial charge >= 0.3 is 0 Å². The zero-order chi connectivity index (χ0) is 9.84. The van der Waals surface area contributed by atoms with E-state index in [0.717, 1.165) is 18.4 Å². The van der Waals surface area contributed by atoms with Crippen LogP contribution in [0.3, 0.4) is 0 Å². The summed E-state index contributed by atoms with van der Waals surface area (Å²) in [6.45, 7) is 5.04. The highest BCUT2D eigenvalue weighted by Gasteiger charge is 2.23. The molecule has 0 aromatic carbocycles. The normalized spacial score (nSPS) is 30.3. The van der Waals surface area contributed by atoms with Crippen molar-refractivity contribution in [1.82, 2.24) is 5.32 Å². The zero-order valence-electron chi connectivity index (χ0n) is 8.55. The van der Waals surface area contributed by atoms with E-state index in [1.165, 1.54) is 19.3 Å². The molecule has 1 rings (SSSR count). The van der Waals surface area contributed by atoms with Gasteiger partial charge < -0.3 is 11.1 Å². The molecule has 3 unspecified atom stereocenters. The van der Waals surface area contributed by atoms with Gasteiger partial charge in [0.2, 0.25) is 5.91 Å². The fourth-order valence-electron chi connectivity index (χ4n) is 1.95. The number of carbonyl (C=O) groups excluding carboxylic acids is 1. The van der Waals surface area contributed by atoms with Crippen LogP contribution < -0.4 is 11.1 Å². The SMILES string of the molecule is CC(NCC1CCCC1C)C(N)=O. The molecule has 76 valence electrons. The van der Waals surface area contributed by atoms with Crippen molar-refractivity contribution in [3.8, 4) is 0 Å². The molecule has 0 bridgehead atoms. The molecule has 0 heterocycles. The lowest BCUT2D eigenvalue weighted by Crippen LogP contribution is -2.41. The van der Waals surface area contributed by atoms with Crippen molar-refractivity contribution in [2.45, 2.75) is 39.2 Å². The van der Waals surface area contributed by atoms with Crippen LogP contribution in [0.2, 0.25) is 0 Å². The van der Waals surface area contributed by atoms with Crippen LogP contribution in [0.1, 0.15) is 33.1 Å². The topological polar surface area (TPSA) is 55.1 Å². The molecule has 3 atom stereocenters. The van der Waals surface area contributed by atoms with Crippen LogP contribution in [0.4, 0.5) is 0 Å². The van der Waals surface area contributed by atoms with Gasteiger partial charge in [-0.3, -0.25) is 4.79 Å². The Kier molecular flexibility index (Phi) is 3.72. The Morgan fingerprint density at radius 1 is 1.62 bits per heavy atom. The van der Waals surface area contributed by atoms with Gasteiger partial charge in [0.15, 0.2) is 0 Å². The van der Waals surface area contributed by atoms with E-state index >= 15 is 0 Å². The molecule has 0 aromatic heterocycles. The molecular weight excluding hydrogens is 164 g/mol. The van der Waals surface area contributed by atoms with E-state index in [9.17, 15) is 4.79 Å². The fourth-order valence-corrected chi connectivity index (χ4v) is 1.95. The molecule has 1 fully saturated rings. The number of hydrogen-bond donors (Lipinski definition) is 2. The average molecular weight is 184 g/mol. The first-order valence-electron chi connectivity index (χ1n) is 5.14. The predicted molar refractivity (Wildman–Crippen MR) is 53.2 cm³/mol. The van der Waals surface area contributed by atoms with Crippen LogP contribution in [-0.4, -0.2) is 18.5 Å². The summed E-state index contributed by atoms with van der Waals surface area (Å²) in [7, 11) is 0. The second kappa shape index (κ2) is 4.61. The van der Waals surface area contributed by atoms with E-state index < -0.39 is 0 Å². The van der Waals surface area contributed by atoms with Crippen LogP contribution in [-0.2, 0) is 4.79 Å². The molecule has 3 N–H and O–H groups in total. The summed E-state index contributed by atoms with van der Waals surface area (Å²) in [6, 6.07) is -0.187. The molecule has 3 nitrogen and oxygen atoms in total. The molecule has 3 heteroatoms. The van der Waals surface area contributed by atoms with Crippen LogP contribution in [0.25, 0.3) is 0 Å². The monoisotopic (exact) mass is 184 g/mol. The van der Waals surface area contributed by atoms with Crippen LogP contribution in [0.5, 0.6) is 0 Å². The highest BCUT2D eigenvalue weighted by Crippen LogP contribution is 2.30. The van der Waals surface area contributed by atoms with Gasteiger partial charge in [0.05, 0.1) is 6.04 Å². The molecule has 1 amide bonds. The second-order valence-corrected chi connectivity index (χ2v) is 4.20. The molecule has 0 aliphatic heterocycles. The summed E-state index contributed by atoms with van der Waals surface area (Å²) in [5, 5.41) is 3.18. The van der Waals surface area contributed by atoms with E-state index in [1.54, 1.807) is 0 Å². The van der Waals surface area contributed by atoms with Crippen molar-refractivity contribution in [2.75, 3.05) is 6.54 Å². The summed E-state index contributed by atoms with van der Waals surface area (Å²) in [5.74, 6) is 1.28. The first-order valence-corrected chi connectivity index (χ1v) is 5.14. The molecule has 1 aliphatic rings. The molecule has 1 aliphatic carbocycles. The van der Waals surface area contributed by atoms with Crippen LogP contribution >= 0.6 is 0 Å². The average Bonchev–Trinajstić information content (AvgIpc) is 2.47. The first-order chi connectivity index (χ1) is 6.11. The number of amides is 1. The summed E-state index contributed by atoms with van der Waals surface area (Å²) >= 11 is 0. The summed E-state index contributed by atoms with van der Waals surface area (Å²) in [5.41, 5.74) is 5.15. The molecular formula is C10H20N2O. The third-order valence-electron chi connectivity index (χ3n) is 3.15. The van der Waals surface area contributed by atoms with Gasteiger partial charge in [-0.1, -0.05) is 19.8 Å². The van der Waals surface area contributed by atoms with E-state index in [0.29, 0.717) is 0 Å². The molecule has 0 aromatic rings. The van der Waals surface area contributed by atoms with Crippen LogP contribution in [0, 0.1) is 11.8 Å². The molecule has 0 saturated heterocycles. The van der Waals surface area contributed by atoms with Gasteiger partial charge in [-0.2, -0.15) is 0 Å². The summed E-state index contributed by atoms with van der Waals surface area (Å²) < 4.78 is 0. The minimum absolute atomic E-state index is 0.187. The van der Waals surface area contributed by atoms with Gasteiger partial charge in [0.1, 0.15) is 0 Å².